The Balaban J connectivity index is 2.21. The monoisotopic (exact) mass is 250 g/mol. The summed E-state index contributed by atoms with van der Waals surface area (Å²) < 4.78 is 5.39. The van der Waals surface area contributed by atoms with Gasteiger partial charge in [0.05, 0.1) is 0 Å². The molecule has 0 unspecified atom stereocenters. The fraction of sp³-hybridized carbons (Fsp3) is 0.333. The Kier molecular flexibility index (Phi) is 3.28. The molecule has 1 N–H and O–H groups in total. The Bertz CT molecular complexity index is 490. The molecule has 0 saturated carbocycles. The van der Waals surface area contributed by atoms with Gasteiger partial charge in [0.15, 0.2) is 5.11 Å². The summed E-state index contributed by atoms with van der Waals surface area (Å²) in [5.41, 5.74) is 0.470. The van der Waals surface area contributed by atoms with E-state index in [1.165, 1.54) is 0 Å². The minimum absolute atomic E-state index is 0.0918. The number of carbonyl (C=O) groups excluding carboxylic acids is 1. The van der Waals surface area contributed by atoms with Gasteiger partial charge in [-0.1, -0.05) is 6.92 Å². The van der Waals surface area contributed by atoms with E-state index in [4.69, 9.17) is 16.6 Å². The lowest BCUT2D eigenvalue weighted by atomic mass is 10.3. The molecule has 1 aromatic heterocycles. The molecular formula is C12H14N2O2S. The third-order valence-electron chi connectivity index (χ3n) is 2.46. The number of hydrogen-bond acceptors (Lipinski definition) is 3. The van der Waals surface area contributed by atoms with Crippen molar-refractivity contribution in [2.45, 2.75) is 20.3 Å². The van der Waals surface area contributed by atoms with Crippen molar-refractivity contribution in [3.8, 4) is 0 Å². The van der Waals surface area contributed by atoms with Gasteiger partial charge in [0.2, 0.25) is 0 Å². The van der Waals surface area contributed by atoms with Crippen molar-refractivity contribution in [2.75, 3.05) is 6.54 Å². The molecule has 0 atom stereocenters. The number of rotatable bonds is 3. The number of nitrogens with one attached hydrogen (secondary N) is 1. The van der Waals surface area contributed by atoms with Crippen LogP contribution in [0.15, 0.2) is 22.2 Å². The zero-order valence-corrected chi connectivity index (χ0v) is 10.6. The third kappa shape index (κ3) is 2.39. The molecule has 0 aromatic carbocycles. The van der Waals surface area contributed by atoms with E-state index < -0.39 is 0 Å². The van der Waals surface area contributed by atoms with Crippen LogP contribution in [0.4, 0.5) is 0 Å². The third-order valence-corrected chi connectivity index (χ3v) is 2.78. The first-order valence-corrected chi connectivity index (χ1v) is 5.93. The maximum absolute atomic E-state index is 12.0. The van der Waals surface area contributed by atoms with Crippen LogP contribution in [0.5, 0.6) is 0 Å². The maximum Gasteiger partial charge on any atom is 0.276 e. The van der Waals surface area contributed by atoms with Crippen LogP contribution in [0.25, 0.3) is 6.08 Å². The van der Waals surface area contributed by atoms with E-state index in [-0.39, 0.29) is 5.91 Å². The summed E-state index contributed by atoms with van der Waals surface area (Å²) in [5, 5.41) is 3.37. The first kappa shape index (κ1) is 11.9. The normalized spacial score (nSPS) is 18.0. The van der Waals surface area contributed by atoms with Crippen LogP contribution in [0.1, 0.15) is 24.9 Å². The highest BCUT2D eigenvalue weighted by Gasteiger charge is 2.29. The van der Waals surface area contributed by atoms with Gasteiger partial charge >= 0.3 is 0 Å². The zero-order chi connectivity index (χ0) is 12.4. The molecule has 0 radical (unpaired) electrons. The van der Waals surface area contributed by atoms with Gasteiger partial charge in [-0.15, -0.1) is 0 Å². The predicted octanol–water partition coefficient (Wildman–Crippen LogP) is 2.06. The summed E-state index contributed by atoms with van der Waals surface area (Å²) >= 11 is 5.10. The summed E-state index contributed by atoms with van der Waals surface area (Å²) in [5.74, 6) is 1.38. The summed E-state index contributed by atoms with van der Waals surface area (Å²) in [4.78, 5) is 13.5. The Morgan fingerprint density at radius 3 is 2.88 bits per heavy atom. The summed E-state index contributed by atoms with van der Waals surface area (Å²) in [6.07, 6.45) is 2.55. The molecule has 1 aromatic rings. The quantitative estimate of drug-likeness (QED) is 0.659. The molecule has 1 aliphatic rings. The molecule has 0 aliphatic carbocycles. The fourth-order valence-corrected chi connectivity index (χ4v) is 1.96. The largest absolute Gasteiger partial charge is 0.462 e. The molecule has 0 bridgehead atoms. The zero-order valence-electron chi connectivity index (χ0n) is 9.82. The van der Waals surface area contributed by atoms with Crippen molar-refractivity contribution < 1.29 is 9.21 Å². The van der Waals surface area contributed by atoms with E-state index in [0.717, 1.165) is 12.2 Å². The van der Waals surface area contributed by atoms with Crippen LogP contribution >= 0.6 is 12.2 Å². The first-order valence-electron chi connectivity index (χ1n) is 5.53. The molecule has 0 spiro atoms. The lowest BCUT2D eigenvalue weighted by molar-refractivity contribution is -0.122. The molecule has 2 heterocycles. The minimum Gasteiger partial charge on any atom is -0.462 e. The number of furan rings is 1. The summed E-state index contributed by atoms with van der Waals surface area (Å²) in [7, 11) is 0. The highest BCUT2D eigenvalue weighted by atomic mass is 32.1. The number of amides is 1. The van der Waals surface area contributed by atoms with E-state index in [9.17, 15) is 4.79 Å². The lowest BCUT2D eigenvalue weighted by Gasteiger charge is -2.11. The van der Waals surface area contributed by atoms with E-state index in [2.05, 4.69) is 5.32 Å². The first-order chi connectivity index (χ1) is 8.11. The molecule has 5 heteroatoms. The fourth-order valence-electron chi connectivity index (χ4n) is 1.67. The Morgan fingerprint density at radius 1 is 1.53 bits per heavy atom. The predicted molar refractivity (Wildman–Crippen MR) is 69.2 cm³/mol. The van der Waals surface area contributed by atoms with Crippen LogP contribution < -0.4 is 5.32 Å². The smallest absolute Gasteiger partial charge is 0.276 e. The van der Waals surface area contributed by atoms with Crippen LogP contribution in [-0.2, 0) is 4.79 Å². The van der Waals surface area contributed by atoms with E-state index in [1.54, 1.807) is 11.0 Å². The van der Waals surface area contributed by atoms with Gasteiger partial charge in [0.1, 0.15) is 17.2 Å². The van der Waals surface area contributed by atoms with Crippen molar-refractivity contribution in [2.24, 2.45) is 0 Å². The Labute approximate surface area is 105 Å². The van der Waals surface area contributed by atoms with Crippen molar-refractivity contribution in [3.05, 3.63) is 29.4 Å². The van der Waals surface area contributed by atoms with Crippen LogP contribution in [0, 0.1) is 6.92 Å². The lowest BCUT2D eigenvalue weighted by Crippen LogP contribution is -2.31. The highest BCUT2D eigenvalue weighted by molar-refractivity contribution is 7.80. The Hall–Kier alpha value is -1.62. The molecule has 1 aliphatic heterocycles. The van der Waals surface area contributed by atoms with E-state index in [1.807, 2.05) is 26.0 Å². The molecule has 17 heavy (non-hydrogen) atoms. The van der Waals surface area contributed by atoms with Gasteiger partial charge in [-0.2, -0.15) is 0 Å². The highest BCUT2D eigenvalue weighted by Crippen LogP contribution is 2.16. The second-order valence-corrected chi connectivity index (χ2v) is 4.28. The summed E-state index contributed by atoms with van der Waals surface area (Å²) in [6, 6.07) is 3.68. The van der Waals surface area contributed by atoms with Gasteiger partial charge in [0.25, 0.3) is 5.91 Å². The summed E-state index contributed by atoms with van der Waals surface area (Å²) in [6.45, 7) is 4.51. The van der Waals surface area contributed by atoms with Crippen molar-refractivity contribution >= 4 is 29.3 Å². The second-order valence-electron chi connectivity index (χ2n) is 3.89. The number of aryl methyl sites for hydroxylation is 1. The number of hydrogen-bond donors (Lipinski definition) is 1. The Morgan fingerprint density at radius 2 is 2.29 bits per heavy atom. The molecular weight excluding hydrogens is 236 g/mol. The van der Waals surface area contributed by atoms with Crippen molar-refractivity contribution in [3.63, 3.8) is 0 Å². The van der Waals surface area contributed by atoms with Crippen molar-refractivity contribution in [1.29, 1.82) is 0 Å². The average molecular weight is 250 g/mol. The minimum atomic E-state index is -0.0918. The van der Waals surface area contributed by atoms with Crippen molar-refractivity contribution in [1.82, 2.24) is 10.2 Å². The van der Waals surface area contributed by atoms with E-state index >= 15 is 0 Å². The topological polar surface area (TPSA) is 45.5 Å². The SMILES string of the molecule is CCCN1C(=O)/C(=C\c2ccc(C)o2)NC1=S. The van der Waals surface area contributed by atoms with Crippen LogP contribution in [0.2, 0.25) is 0 Å². The number of thiocarbonyl (C=S) groups is 1. The van der Waals surface area contributed by atoms with Gasteiger partial charge < -0.3 is 9.73 Å². The maximum atomic E-state index is 12.0. The molecule has 1 fully saturated rings. The average Bonchev–Trinajstić information content (AvgIpc) is 2.79. The standard InChI is InChI=1S/C12H14N2O2S/c1-3-6-14-11(15)10(13-12(14)17)7-9-5-4-8(2)16-9/h4-5,7H,3,6H2,1-2H3,(H,13,17)/b10-7+. The molecule has 4 nitrogen and oxygen atoms in total. The second kappa shape index (κ2) is 4.71. The van der Waals surface area contributed by atoms with Gasteiger partial charge in [-0.25, -0.2) is 0 Å². The van der Waals surface area contributed by atoms with Gasteiger partial charge in [-0.05, 0) is 37.7 Å². The number of nitrogens with zero attached hydrogens (tertiary/aromatic N) is 1. The molecule has 90 valence electrons. The molecule has 1 amide bonds. The molecule has 2 rings (SSSR count). The van der Waals surface area contributed by atoms with Crippen LogP contribution in [0.3, 0.4) is 0 Å². The van der Waals surface area contributed by atoms with Gasteiger partial charge in [-0.3, -0.25) is 9.69 Å². The number of carbonyl (C=O) groups is 1. The van der Waals surface area contributed by atoms with E-state index in [0.29, 0.717) is 23.1 Å². The van der Waals surface area contributed by atoms with Gasteiger partial charge in [0, 0.05) is 12.6 Å². The van der Waals surface area contributed by atoms with Crippen LogP contribution in [-0.4, -0.2) is 22.5 Å². The molecule has 1 saturated heterocycles.